The lowest BCUT2D eigenvalue weighted by Crippen LogP contribution is -2.50. The standard InChI is InChI=1S/C22H26ClN3O3S/c1-2-24-22(28)26(16-5-6-16)13-21(27)25-11-9-20-18(10-12-30-20)19(25)14-29-17-7-3-15(23)4-8-17/h3-4,7-8,10,12,16,19H,2,5-6,9,11,13-14H2,1H3,(H,24,28). The van der Waals surface area contributed by atoms with E-state index in [4.69, 9.17) is 16.3 Å². The average molecular weight is 448 g/mol. The Balaban J connectivity index is 1.49. The van der Waals surface area contributed by atoms with Crippen molar-refractivity contribution in [1.82, 2.24) is 15.1 Å². The van der Waals surface area contributed by atoms with Crippen LogP contribution in [0.15, 0.2) is 35.7 Å². The second-order valence-corrected chi connectivity index (χ2v) is 9.05. The van der Waals surface area contributed by atoms with Crippen molar-refractivity contribution >= 4 is 34.9 Å². The Morgan fingerprint density at radius 1 is 1.27 bits per heavy atom. The van der Waals surface area contributed by atoms with Gasteiger partial charge in [-0.2, -0.15) is 0 Å². The van der Waals surface area contributed by atoms with Gasteiger partial charge in [0.25, 0.3) is 0 Å². The van der Waals surface area contributed by atoms with Crippen LogP contribution in [0.2, 0.25) is 5.02 Å². The summed E-state index contributed by atoms with van der Waals surface area (Å²) in [6, 6.07) is 9.16. The van der Waals surface area contributed by atoms with Crippen LogP contribution in [0.25, 0.3) is 0 Å². The van der Waals surface area contributed by atoms with Gasteiger partial charge in [-0.1, -0.05) is 11.6 Å². The number of halogens is 1. The summed E-state index contributed by atoms with van der Waals surface area (Å²) >= 11 is 7.68. The molecule has 0 saturated heterocycles. The molecule has 1 unspecified atom stereocenters. The zero-order valence-electron chi connectivity index (χ0n) is 17.0. The van der Waals surface area contributed by atoms with Crippen molar-refractivity contribution in [2.75, 3.05) is 26.2 Å². The van der Waals surface area contributed by atoms with E-state index in [1.807, 2.05) is 24.0 Å². The van der Waals surface area contributed by atoms with Crippen LogP contribution in [0.4, 0.5) is 4.79 Å². The molecule has 160 valence electrons. The molecule has 6 nitrogen and oxygen atoms in total. The Bertz CT molecular complexity index is 897. The highest BCUT2D eigenvalue weighted by Crippen LogP contribution is 2.35. The first-order valence-corrected chi connectivity index (χ1v) is 11.6. The Hall–Kier alpha value is -2.25. The summed E-state index contributed by atoms with van der Waals surface area (Å²) < 4.78 is 6.02. The van der Waals surface area contributed by atoms with Crippen LogP contribution in [-0.4, -0.2) is 54.0 Å². The number of ether oxygens (including phenoxy) is 1. The van der Waals surface area contributed by atoms with Crippen molar-refractivity contribution < 1.29 is 14.3 Å². The molecule has 1 aliphatic carbocycles. The van der Waals surface area contributed by atoms with E-state index in [1.165, 1.54) is 4.88 Å². The highest BCUT2D eigenvalue weighted by Gasteiger charge is 2.37. The Morgan fingerprint density at radius 2 is 2.03 bits per heavy atom. The van der Waals surface area contributed by atoms with E-state index in [0.717, 1.165) is 30.6 Å². The van der Waals surface area contributed by atoms with Gasteiger partial charge in [0.15, 0.2) is 0 Å². The minimum atomic E-state index is -0.168. The number of thiophene rings is 1. The first-order valence-electron chi connectivity index (χ1n) is 10.4. The fourth-order valence-corrected chi connectivity index (χ4v) is 4.88. The number of hydrogen-bond donors (Lipinski definition) is 1. The van der Waals surface area contributed by atoms with E-state index >= 15 is 0 Å². The molecule has 2 aromatic rings. The summed E-state index contributed by atoms with van der Waals surface area (Å²) in [6.07, 6.45) is 2.76. The van der Waals surface area contributed by atoms with Gasteiger partial charge in [-0.05, 0) is 67.5 Å². The minimum Gasteiger partial charge on any atom is -0.491 e. The third-order valence-electron chi connectivity index (χ3n) is 5.52. The molecule has 3 amide bonds. The Labute approximate surface area is 185 Å². The fourth-order valence-electron chi connectivity index (χ4n) is 3.82. The molecular formula is C22H26ClN3O3S. The molecule has 1 fully saturated rings. The summed E-state index contributed by atoms with van der Waals surface area (Å²) in [5.41, 5.74) is 1.14. The lowest BCUT2D eigenvalue weighted by atomic mass is 10.0. The number of nitrogens with one attached hydrogen (secondary N) is 1. The molecule has 1 saturated carbocycles. The maximum Gasteiger partial charge on any atom is 0.318 e. The second kappa shape index (κ2) is 9.27. The molecule has 1 aromatic carbocycles. The van der Waals surface area contributed by atoms with Crippen molar-refractivity contribution in [3.05, 3.63) is 51.2 Å². The monoisotopic (exact) mass is 447 g/mol. The van der Waals surface area contributed by atoms with Crippen LogP contribution < -0.4 is 10.1 Å². The largest absolute Gasteiger partial charge is 0.491 e. The van der Waals surface area contributed by atoms with E-state index in [0.29, 0.717) is 24.7 Å². The fraction of sp³-hybridized carbons (Fsp3) is 0.455. The highest BCUT2D eigenvalue weighted by atomic mass is 35.5. The molecule has 2 aliphatic rings. The normalized spacial score (nSPS) is 17.9. The number of amides is 3. The SMILES string of the molecule is CCNC(=O)N(CC(=O)N1CCc2sccc2C1COc1ccc(Cl)cc1)C1CC1. The molecule has 4 rings (SSSR count). The van der Waals surface area contributed by atoms with Gasteiger partial charge in [0, 0.05) is 29.0 Å². The number of nitrogens with zero attached hydrogens (tertiary/aromatic N) is 2. The van der Waals surface area contributed by atoms with Gasteiger partial charge in [-0.3, -0.25) is 4.79 Å². The molecule has 1 aromatic heterocycles. The number of carbonyl (C=O) groups excluding carboxylic acids is 2. The van der Waals surface area contributed by atoms with Crippen LogP contribution in [-0.2, 0) is 11.2 Å². The Morgan fingerprint density at radius 3 is 2.73 bits per heavy atom. The lowest BCUT2D eigenvalue weighted by molar-refractivity contribution is -0.135. The number of fused-ring (bicyclic) bond motifs is 1. The third-order valence-corrected chi connectivity index (χ3v) is 6.77. The predicted molar refractivity (Wildman–Crippen MR) is 118 cm³/mol. The van der Waals surface area contributed by atoms with Crippen LogP contribution in [0.3, 0.4) is 0 Å². The molecular weight excluding hydrogens is 422 g/mol. The van der Waals surface area contributed by atoms with Gasteiger partial charge < -0.3 is 19.9 Å². The van der Waals surface area contributed by atoms with Crippen LogP contribution in [0, 0.1) is 0 Å². The van der Waals surface area contributed by atoms with Gasteiger partial charge >= 0.3 is 6.03 Å². The predicted octanol–water partition coefficient (Wildman–Crippen LogP) is 4.10. The van der Waals surface area contributed by atoms with E-state index in [-0.39, 0.29) is 30.6 Å². The lowest BCUT2D eigenvalue weighted by Gasteiger charge is -2.37. The smallest absolute Gasteiger partial charge is 0.318 e. The number of urea groups is 1. The van der Waals surface area contributed by atoms with Crippen LogP contribution in [0.1, 0.15) is 36.2 Å². The average Bonchev–Trinajstić information content (AvgIpc) is 3.47. The zero-order chi connectivity index (χ0) is 21.1. The first kappa shape index (κ1) is 21.0. The summed E-state index contributed by atoms with van der Waals surface area (Å²) in [6.45, 7) is 3.54. The molecule has 30 heavy (non-hydrogen) atoms. The first-order chi connectivity index (χ1) is 14.6. The summed E-state index contributed by atoms with van der Waals surface area (Å²) in [7, 11) is 0. The van der Waals surface area contributed by atoms with Gasteiger partial charge in [-0.15, -0.1) is 11.3 Å². The summed E-state index contributed by atoms with van der Waals surface area (Å²) in [4.78, 5) is 30.6. The number of hydrogen-bond acceptors (Lipinski definition) is 4. The highest BCUT2D eigenvalue weighted by molar-refractivity contribution is 7.10. The van der Waals surface area contributed by atoms with E-state index in [2.05, 4.69) is 16.8 Å². The topological polar surface area (TPSA) is 61.9 Å². The van der Waals surface area contributed by atoms with Gasteiger partial charge in [-0.25, -0.2) is 4.79 Å². The minimum absolute atomic E-state index is 0.0327. The summed E-state index contributed by atoms with van der Waals surface area (Å²) in [5, 5.41) is 5.56. The van der Waals surface area contributed by atoms with E-state index in [1.54, 1.807) is 28.4 Å². The molecule has 0 radical (unpaired) electrons. The Kier molecular flexibility index (Phi) is 6.49. The zero-order valence-corrected chi connectivity index (χ0v) is 18.5. The second-order valence-electron chi connectivity index (χ2n) is 7.61. The van der Waals surface area contributed by atoms with Crippen LogP contribution >= 0.6 is 22.9 Å². The van der Waals surface area contributed by atoms with Crippen molar-refractivity contribution in [3.8, 4) is 5.75 Å². The molecule has 0 spiro atoms. The third kappa shape index (κ3) is 4.73. The molecule has 1 atom stereocenters. The van der Waals surface area contributed by atoms with Crippen LogP contribution in [0.5, 0.6) is 5.75 Å². The number of rotatable bonds is 7. The van der Waals surface area contributed by atoms with Crippen molar-refractivity contribution in [2.24, 2.45) is 0 Å². The molecule has 8 heteroatoms. The maximum absolute atomic E-state index is 13.3. The number of carbonyl (C=O) groups is 2. The quantitative estimate of drug-likeness (QED) is 0.695. The molecule has 0 bridgehead atoms. The molecule has 2 heterocycles. The van der Waals surface area contributed by atoms with Crippen molar-refractivity contribution in [3.63, 3.8) is 0 Å². The molecule has 1 N–H and O–H groups in total. The number of benzene rings is 1. The molecule has 1 aliphatic heterocycles. The van der Waals surface area contributed by atoms with E-state index in [9.17, 15) is 9.59 Å². The van der Waals surface area contributed by atoms with Gasteiger partial charge in [0.1, 0.15) is 18.9 Å². The maximum atomic E-state index is 13.3. The summed E-state index contributed by atoms with van der Waals surface area (Å²) in [5.74, 6) is 0.686. The van der Waals surface area contributed by atoms with E-state index < -0.39 is 0 Å². The van der Waals surface area contributed by atoms with Gasteiger partial charge in [0.05, 0.1) is 6.04 Å². The van der Waals surface area contributed by atoms with Gasteiger partial charge in [0.2, 0.25) is 5.91 Å². The van der Waals surface area contributed by atoms with Crippen molar-refractivity contribution in [1.29, 1.82) is 0 Å². The van der Waals surface area contributed by atoms with Crippen molar-refractivity contribution in [2.45, 2.75) is 38.3 Å².